The number of fused-ring (bicyclic) bond motifs is 1. The van der Waals surface area contributed by atoms with Crippen LogP contribution in [0.15, 0.2) is 24.3 Å². The van der Waals surface area contributed by atoms with Crippen LogP contribution in [-0.2, 0) is 4.74 Å². The molecule has 2 fully saturated rings. The third kappa shape index (κ3) is 4.23. The Morgan fingerprint density at radius 3 is 2.72 bits per heavy atom. The van der Waals surface area contributed by atoms with E-state index in [-0.39, 0.29) is 11.9 Å². The van der Waals surface area contributed by atoms with Gasteiger partial charge in [-0.15, -0.1) is 0 Å². The van der Waals surface area contributed by atoms with Crippen molar-refractivity contribution in [1.29, 1.82) is 0 Å². The number of nitrogens with one attached hydrogen (secondary N) is 2. The first-order chi connectivity index (χ1) is 14.0. The van der Waals surface area contributed by atoms with Gasteiger partial charge in [0.2, 0.25) is 0 Å². The van der Waals surface area contributed by atoms with E-state index < -0.39 is 0 Å². The van der Waals surface area contributed by atoms with E-state index in [9.17, 15) is 9.59 Å². The normalized spacial score (nSPS) is 20.3. The molecule has 0 radical (unpaired) electrons. The van der Waals surface area contributed by atoms with Gasteiger partial charge in [0.25, 0.3) is 5.91 Å². The van der Waals surface area contributed by atoms with E-state index in [0.29, 0.717) is 43.7 Å². The summed E-state index contributed by atoms with van der Waals surface area (Å²) in [5.41, 5.74) is 2.11. The highest BCUT2D eigenvalue weighted by Gasteiger charge is 2.27. The van der Waals surface area contributed by atoms with E-state index in [1.54, 1.807) is 4.90 Å². The average Bonchev–Trinajstić information content (AvgIpc) is 3.19. The van der Waals surface area contributed by atoms with Crippen molar-refractivity contribution in [3.05, 3.63) is 30.0 Å². The summed E-state index contributed by atoms with van der Waals surface area (Å²) in [6.45, 7) is 3.80. The minimum absolute atomic E-state index is 0.0122. The van der Waals surface area contributed by atoms with Gasteiger partial charge in [0.1, 0.15) is 5.69 Å². The maximum absolute atomic E-state index is 13.1. The van der Waals surface area contributed by atoms with Crippen LogP contribution in [-0.4, -0.2) is 91.2 Å². The van der Waals surface area contributed by atoms with Crippen LogP contribution >= 0.6 is 0 Å². The highest BCUT2D eigenvalue weighted by Crippen LogP contribution is 2.26. The Labute approximate surface area is 170 Å². The lowest BCUT2D eigenvalue weighted by atomic mass is 10.0. The van der Waals surface area contributed by atoms with Gasteiger partial charge in [0, 0.05) is 43.1 Å². The van der Waals surface area contributed by atoms with Crippen LogP contribution in [0.1, 0.15) is 23.3 Å². The first kappa shape index (κ1) is 19.7. The zero-order valence-corrected chi connectivity index (χ0v) is 17.1. The van der Waals surface area contributed by atoms with Crippen molar-refractivity contribution in [3.8, 4) is 0 Å². The zero-order valence-electron chi connectivity index (χ0n) is 17.1. The van der Waals surface area contributed by atoms with Crippen LogP contribution in [0.5, 0.6) is 0 Å². The molecule has 1 unspecified atom stereocenters. The molecule has 8 nitrogen and oxygen atoms in total. The van der Waals surface area contributed by atoms with Gasteiger partial charge in [-0.05, 0) is 45.1 Å². The van der Waals surface area contributed by atoms with Crippen LogP contribution in [0.3, 0.4) is 0 Å². The number of amides is 3. The Bertz CT molecular complexity index is 888. The lowest BCUT2D eigenvalue weighted by Crippen LogP contribution is -2.47. The maximum Gasteiger partial charge on any atom is 0.322 e. The van der Waals surface area contributed by atoms with Crippen molar-refractivity contribution in [2.45, 2.75) is 18.9 Å². The summed E-state index contributed by atoms with van der Waals surface area (Å²) in [5.74, 6) is 0.0122. The van der Waals surface area contributed by atoms with Crippen molar-refractivity contribution >= 4 is 28.5 Å². The molecule has 8 heteroatoms. The lowest BCUT2D eigenvalue weighted by Gasteiger charge is -2.35. The number of rotatable bonds is 3. The molecule has 2 N–H and O–H groups in total. The monoisotopic (exact) mass is 399 g/mol. The van der Waals surface area contributed by atoms with Crippen molar-refractivity contribution < 1.29 is 14.3 Å². The quantitative estimate of drug-likeness (QED) is 0.829. The molecule has 29 heavy (non-hydrogen) atoms. The second kappa shape index (κ2) is 8.42. The molecule has 2 aliphatic rings. The summed E-state index contributed by atoms with van der Waals surface area (Å²) < 4.78 is 5.31. The third-order valence-corrected chi connectivity index (χ3v) is 5.85. The molecule has 3 amide bonds. The third-order valence-electron chi connectivity index (χ3n) is 5.85. The number of anilines is 1. The molecule has 3 heterocycles. The van der Waals surface area contributed by atoms with Gasteiger partial charge < -0.3 is 29.7 Å². The Morgan fingerprint density at radius 1 is 1.17 bits per heavy atom. The van der Waals surface area contributed by atoms with E-state index in [1.807, 2.05) is 29.2 Å². The minimum atomic E-state index is -0.139. The van der Waals surface area contributed by atoms with E-state index in [0.717, 1.165) is 36.8 Å². The molecule has 1 aromatic carbocycles. The van der Waals surface area contributed by atoms with Crippen LogP contribution in [0.4, 0.5) is 10.5 Å². The van der Waals surface area contributed by atoms with Crippen LogP contribution in [0.2, 0.25) is 0 Å². The Hall–Kier alpha value is -2.58. The van der Waals surface area contributed by atoms with Gasteiger partial charge in [-0.2, -0.15) is 0 Å². The van der Waals surface area contributed by atoms with Gasteiger partial charge in [0.05, 0.1) is 18.9 Å². The number of urea groups is 1. The molecule has 0 bridgehead atoms. The molecule has 2 aliphatic heterocycles. The summed E-state index contributed by atoms with van der Waals surface area (Å²) in [4.78, 5) is 34.7. The number of hydrogen-bond acceptors (Lipinski definition) is 4. The largest absolute Gasteiger partial charge is 0.378 e. The number of ether oxygens (including phenoxy) is 1. The molecule has 2 saturated heterocycles. The molecule has 1 aromatic heterocycles. The smallest absolute Gasteiger partial charge is 0.322 e. The topological polar surface area (TPSA) is 80.9 Å². The maximum atomic E-state index is 13.1. The molecule has 1 atom stereocenters. The number of morpholine rings is 1. The summed E-state index contributed by atoms with van der Waals surface area (Å²) >= 11 is 0. The van der Waals surface area contributed by atoms with Gasteiger partial charge in [-0.3, -0.25) is 4.79 Å². The highest BCUT2D eigenvalue weighted by atomic mass is 16.5. The predicted molar refractivity (Wildman–Crippen MR) is 112 cm³/mol. The molecule has 0 saturated carbocycles. The molecule has 156 valence electrons. The van der Waals surface area contributed by atoms with Gasteiger partial charge >= 0.3 is 6.03 Å². The fourth-order valence-electron chi connectivity index (χ4n) is 4.07. The molecule has 2 aromatic rings. The lowest BCUT2D eigenvalue weighted by molar-refractivity contribution is 0.0565. The van der Waals surface area contributed by atoms with Crippen LogP contribution in [0, 0.1) is 0 Å². The van der Waals surface area contributed by atoms with E-state index in [1.165, 1.54) is 0 Å². The number of H-pyrrole nitrogens is 1. The number of aromatic amines is 1. The van der Waals surface area contributed by atoms with Crippen LogP contribution in [0.25, 0.3) is 10.9 Å². The number of nitrogens with zero attached hydrogens (tertiary/aromatic N) is 3. The SMILES string of the molecule is CN(C)C1CCCN(C(=O)c2cc3c(NC(=O)N4CCOCC4)cccc3[nH]2)C1. The molecule has 0 spiro atoms. The van der Waals surface area contributed by atoms with Crippen LogP contribution < -0.4 is 5.32 Å². The Kier molecular flexibility index (Phi) is 5.73. The standard InChI is InChI=1S/C21H29N5O3/c1-24(2)15-5-4-8-26(14-15)20(27)19-13-16-17(22-19)6-3-7-18(16)23-21(28)25-9-11-29-12-10-25/h3,6-7,13,15,22H,4-5,8-12,14H2,1-2H3,(H,23,28). The fraction of sp³-hybridized carbons (Fsp3) is 0.524. The number of carbonyl (C=O) groups is 2. The van der Waals surface area contributed by atoms with E-state index in [4.69, 9.17) is 4.74 Å². The van der Waals surface area contributed by atoms with Crippen molar-refractivity contribution in [2.75, 3.05) is 58.8 Å². The predicted octanol–water partition coefficient (Wildman–Crippen LogP) is 2.20. The summed E-state index contributed by atoms with van der Waals surface area (Å²) in [6, 6.07) is 7.78. The number of likely N-dealkylation sites (N-methyl/N-ethyl adjacent to an activating group) is 1. The Morgan fingerprint density at radius 2 is 1.97 bits per heavy atom. The van der Waals surface area contributed by atoms with Crippen molar-refractivity contribution in [3.63, 3.8) is 0 Å². The van der Waals surface area contributed by atoms with Gasteiger partial charge in [0.15, 0.2) is 0 Å². The molecule has 4 rings (SSSR count). The van der Waals surface area contributed by atoms with E-state index in [2.05, 4.69) is 29.3 Å². The number of piperidine rings is 1. The fourth-order valence-corrected chi connectivity index (χ4v) is 4.07. The number of aromatic nitrogens is 1. The van der Waals surface area contributed by atoms with Gasteiger partial charge in [-0.1, -0.05) is 6.07 Å². The number of likely N-dealkylation sites (tertiary alicyclic amines) is 1. The number of hydrogen-bond donors (Lipinski definition) is 2. The summed E-state index contributed by atoms with van der Waals surface area (Å²) in [6.07, 6.45) is 2.12. The second-order valence-electron chi connectivity index (χ2n) is 7.99. The number of benzene rings is 1. The second-order valence-corrected chi connectivity index (χ2v) is 7.99. The van der Waals surface area contributed by atoms with E-state index >= 15 is 0 Å². The summed E-state index contributed by atoms with van der Waals surface area (Å²) in [7, 11) is 4.12. The minimum Gasteiger partial charge on any atom is -0.378 e. The molecular formula is C21H29N5O3. The average molecular weight is 399 g/mol. The molecule has 0 aliphatic carbocycles. The Balaban J connectivity index is 1.52. The first-order valence-corrected chi connectivity index (χ1v) is 10.2. The van der Waals surface area contributed by atoms with Crippen molar-refractivity contribution in [1.82, 2.24) is 19.7 Å². The highest BCUT2D eigenvalue weighted by molar-refractivity contribution is 6.05. The molecular weight excluding hydrogens is 370 g/mol. The number of carbonyl (C=O) groups excluding carboxylic acids is 2. The van der Waals surface area contributed by atoms with Crippen molar-refractivity contribution in [2.24, 2.45) is 0 Å². The first-order valence-electron chi connectivity index (χ1n) is 10.2. The van der Waals surface area contributed by atoms with Gasteiger partial charge in [-0.25, -0.2) is 4.79 Å². The summed E-state index contributed by atoms with van der Waals surface area (Å²) in [5, 5.41) is 3.83. The zero-order chi connectivity index (χ0) is 20.4.